The zero-order chi connectivity index (χ0) is 17.6. The van der Waals surface area contributed by atoms with Crippen LogP contribution in [-0.2, 0) is 6.42 Å². The van der Waals surface area contributed by atoms with Gasteiger partial charge in [0.25, 0.3) is 0 Å². The van der Waals surface area contributed by atoms with Crippen LogP contribution in [0.25, 0.3) is 10.9 Å². The van der Waals surface area contributed by atoms with Gasteiger partial charge < -0.3 is 25.0 Å². The Morgan fingerprint density at radius 3 is 2.92 bits per heavy atom. The number of urea groups is 1. The third-order valence-electron chi connectivity index (χ3n) is 4.88. The summed E-state index contributed by atoms with van der Waals surface area (Å²) in [6.45, 7) is 4.86. The molecule has 0 radical (unpaired) electrons. The Morgan fingerprint density at radius 1 is 1.40 bits per heavy atom. The summed E-state index contributed by atoms with van der Waals surface area (Å²) in [7, 11) is 0. The number of carbonyl (C=O) groups excluding carboxylic acids is 1. The molecule has 1 saturated heterocycles. The van der Waals surface area contributed by atoms with E-state index in [-0.39, 0.29) is 12.6 Å². The summed E-state index contributed by atoms with van der Waals surface area (Å²) >= 11 is 0. The highest BCUT2D eigenvalue weighted by Gasteiger charge is 2.22. The van der Waals surface area contributed by atoms with Crippen LogP contribution < -0.4 is 10.1 Å². The van der Waals surface area contributed by atoms with E-state index in [1.54, 1.807) is 0 Å². The molecule has 2 heterocycles. The maximum absolute atomic E-state index is 12.3. The Balaban J connectivity index is 1.55. The second-order valence-electron chi connectivity index (χ2n) is 6.52. The number of nitrogens with zero attached hydrogens (tertiary/aromatic N) is 1. The Kier molecular flexibility index (Phi) is 5.81. The van der Waals surface area contributed by atoms with Crippen molar-refractivity contribution in [3.05, 3.63) is 30.0 Å². The van der Waals surface area contributed by atoms with E-state index in [9.17, 15) is 9.90 Å². The van der Waals surface area contributed by atoms with Crippen molar-refractivity contribution in [3.8, 4) is 5.75 Å². The molecule has 3 N–H and O–H groups in total. The molecule has 6 heteroatoms. The highest BCUT2D eigenvalue weighted by atomic mass is 16.5. The zero-order valence-electron chi connectivity index (χ0n) is 14.8. The van der Waals surface area contributed by atoms with Gasteiger partial charge in [-0.25, -0.2) is 4.79 Å². The van der Waals surface area contributed by atoms with Gasteiger partial charge >= 0.3 is 6.03 Å². The van der Waals surface area contributed by atoms with Crippen molar-refractivity contribution in [2.45, 2.75) is 26.2 Å². The van der Waals surface area contributed by atoms with Crippen LogP contribution >= 0.6 is 0 Å². The quantitative estimate of drug-likeness (QED) is 0.753. The molecule has 136 valence electrons. The second-order valence-corrected chi connectivity index (χ2v) is 6.52. The van der Waals surface area contributed by atoms with Gasteiger partial charge in [0.05, 0.1) is 6.61 Å². The zero-order valence-corrected chi connectivity index (χ0v) is 14.8. The fraction of sp³-hybridized carbons (Fsp3) is 0.526. The number of aromatic nitrogens is 1. The molecule has 0 aliphatic carbocycles. The van der Waals surface area contributed by atoms with E-state index in [1.807, 2.05) is 36.2 Å². The molecule has 6 nitrogen and oxygen atoms in total. The first kappa shape index (κ1) is 17.6. The molecule has 1 aliphatic heterocycles. The van der Waals surface area contributed by atoms with E-state index in [2.05, 4.69) is 10.3 Å². The van der Waals surface area contributed by atoms with Crippen molar-refractivity contribution in [1.29, 1.82) is 0 Å². The summed E-state index contributed by atoms with van der Waals surface area (Å²) in [4.78, 5) is 17.4. The van der Waals surface area contributed by atoms with E-state index in [4.69, 9.17) is 4.74 Å². The number of carbonyl (C=O) groups is 1. The number of hydrogen-bond acceptors (Lipinski definition) is 3. The van der Waals surface area contributed by atoms with Gasteiger partial charge in [-0.1, -0.05) is 6.07 Å². The number of fused-ring (bicyclic) bond motifs is 1. The molecule has 1 aromatic heterocycles. The fourth-order valence-electron chi connectivity index (χ4n) is 3.43. The lowest BCUT2D eigenvalue weighted by atomic mass is 9.98. The minimum absolute atomic E-state index is 0.0127. The number of likely N-dealkylation sites (tertiary alicyclic amines) is 1. The summed E-state index contributed by atoms with van der Waals surface area (Å²) in [5.41, 5.74) is 2.21. The molecular formula is C19H27N3O3. The molecule has 1 aliphatic rings. The van der Waals surface area contributed by atoms with Crippen molar-refractivity contribution in [3.63, 3.8) is 0 Å². The van der Waals surface area contributed by atoms with Gasteiger partial charge in [0.15, 0.2) is 0 Å². The Labute approximate surface area is 148 Å². The van der Waals surface area contributed by atoms with Crippen LogP contribution in [0.3, 0.4) is 0 Å². The van der Waals surface area contributed by atoms with Crippen molar-refractivity contribution >= 4 is 16.9 Å². The maximum Gasteiger partial charge on any atom is 0.317 e. The first-order chi connectivity index (χ1) is 12.2. The third-order valence-corrected chi connectivity index (χ3v) is 4.88. The molecule has 25 heavy (non-hydrogen) atoms. The van der Waals surface area contributed by atoms with Crippen molar-refractivity contribution in [1.82, 2.24) is 15.2 Å². The third kappa shape index (κ3) is 4.07. The molecule has 0 atom stereocenters. The van der Waals surface area contributed by atoms with Gasteiger partial charge in [0, 0.05) is 43.3 Å². The SMILES string of the molecule is CCOc1cccc2[nH]cc(CCNC(=O)N3CCC(CO)CC3)c12. The predicted molar refractivity (Wildman–Crippen MR) is 98.0 cm³/mol. The summed E-state index contributed by atoms with van der Waals surface area (Å²) < 4.78 is 5.73. The number of nitrogens with one attached hydrogen (secondary N) is 2. The number of aliphatic hydroxyl groups is 1. The number of piperidine rings is 1. The highest BCUT2D eigenvalue weighted by Crippen LogP contribution is 2.29. The molecule has 0 spiro atoms. The lowest BCUT2D eigenvalue weighted by Gasteiger charge is -2.31. The standard InChI is InChI=1S/C19H27N3O3/c1-2-25-17-5-3-4-16-18(17)15(12-21-16)6-9-20-19(24)22-10-7-14(13-23)8-11-22/h3-5,12,14,21,23H,2,6-11,13H2,1H3,(H,20,24). The second kappa shape index (κ2) is 8.25. The summed E-state index contributed by atoms with van der Waals surface area (Å²) in [6, 6.07) is 5.98. The van der Waals surface area contributed by atoms with Crippen LogP contribution in [0, 0.1) is 5.92 Å². The normalized spacial score (nSPS) is 15.5. The lowest BCUT2D eigenvalue weighted by Crippen LogP contribution is -2.45. The van der Waals surface area contributed by atoms with E-state index in [1.165, 1.54) is 0 Å². The van der Waals surface area contributed by atoms with E-state index in [0.29, 0.717) is 19.1 Å². The molecule has 2 amide bonds. The number of ether oxygens (including phenoxy) is 1. The Bertz CT molecular complexity index is 705. The average molecular weight is 345 g/mol. The van der Waals surface area contributed by atoms with E-state index < -0.39 is 0 Å². The van der Waals surface area contributed by atoms with E-state index >= 15 is 0 Å². The molecule has 3 rings (SSSR count). The molecule has 0 unspecified atom stereocenters. The highest BCUT2D eigenvalue weighted by molar-refractivity contribution is 5.89. The number of rotatable bonds is 6. The minimum Gasteiger partial charge on any atom is -0.493 e. The van der Waals surface area contributed by atoms with Crippen molar-refractivity contribution in [2.24, 2.45) is 5.92 Å². The predicted octanol–water partition coefficient (Wildman–Crippen LogP) is 2.52. The maximum atomic E-state index is 12.3. The molecule has 0 bridgehead atoms. The minimum atomic E-state index is -0.0127. The number of aromatic amines is 1. The average Bonchev–Trinajstić information content (AvgIpc) is 3.06. The molecular weight excluding hydrogens is 318 g/mol. The monoisotopic (exact) mass is 345 g/mol. The molecule has 1 fully saturated rings. The largest absolute Gasteiger partial charge is 0.493 e. The first-order valence-electron chi connectivity index (χ1n) is 9.08. The van der Waals surface area contributed by atoms with Gasteiger partial charge in [-0.2, -0.15) is 0 Å². The number of hydrogen-bond donors (Lipinski definition) is 3. The van der Waals surface area contributed by atoms with Gasteiger partial charge in [-0.05, 0) is 49.8 Å². The fourth-order valence-corrected chi connectivity index (χ4v) is 3.43. The van der Waals surface area contributed by atoms with Crippen molar-refractivity contribution < 1.29 is 14.6 Å². The van der Waals surface area contributed by atoms with Crippen LogP contribution in [0.1, 0.15) is 25.3 Å². The molecule has 0 saturated carbocycles. The van der Waals surface area contributed by atoms with Gasteiger partial charge in [0.2, 0.25) is 0 Å². The van der Waals surface area contributed by atoms with Crippen LogP contribution in [0.5, 0.6) is 5.75 Å². The first-order valence-corrected chi connectivity index (χ1v) is 9.08. The van der Waals surface area contributed by atoms with Crippen LogP contribution in [-0.4, -0.2) is 53.9 Å². The Morgan fingerprint density at radius 2 is 2.20 bits per heavy atom. The Hall–Kier alpha value is -2.21. The number of H-pyrrole nitrogens is 1. The van der Waals surface area contributed by atoms with Gasteiger partial charge in [0.1, 0.15) is 5.75 Å². The lowest BCUT2D eigenvalue weighted by molar-refractivity contribution is 0.137. The number of aliphatic hydroxyl groups excluding tert-OH is 1. The smallest absolute Gasteiger partial charge is 0.317 e. The van der Waals surface area contributed by atoms with Crippen LogP contribution in [0.4, 0.5) is 4.79 Å². The van der Waals surface area contributed by atoms with Crippen LogP contribution in [0.2, 0.25) is 0 Å². The van der Waals surface area contributed by atoms with Gasteiger partial charge in [-0.3, -0.25) is 0 Å². The molecule has 1 aromatic carbocycles. The molecule has 2 aromatic rings. The van der Waals surface area contributed by atoms with Crippen LogP contribution in [0.15, 0.2) is 24.4 Å². The van der Waals surface area contributed by atoms with Gasteiger partial charge in [-0.15, -0.1) is 0 Å². The number of amides is 2. The van der Waals surface area contributed by atoms with E-state index in [0.717, 1.165) is 54.6 Å². The topological polar surface area (TPSA) is 77.6 Å². The summed E-state index contributed by atoms with van der Waals surface area (Å²) in [5, 5.41) is 13.3. The number of benzene rings is 1. The summed E-state index contributed by atoms with van der Waals surface area (Å²) in [6.07, 6.45) is 4.50. The summed E-state index contributed by atoms with van der Waals surface area (Å²) in [5.74, 6) is 1.22. The van der Waals surface area contributed by atoms with Crippen molar-refractivity contribution in [2.75, 3.05) is 32.8 Å².